The van der Waals surface area contributed by atoms with Gasteiger partial charge in [-0.15, -0.1) is 0 Å². The van der Waals surface area contributed by atoms with Crippen LogP contribution in [0.1, 0.15) is 19.3 Å². The van der Waals surface area contributed by atoms with E-state index >= 15 is 0 Å². The lowest BCUT2D eigenvalue weighted by Crippen LogP contribution is -2.63. The Kier molecular flexibility index (Phi) is 7.91. The van der Waals surface area contributed by atoms with Gasteiger partial charge >= 0.3 is 0 Å². The molecule has 40 heavy (non-hydrogen) atoms. The van der Waals surface area contributed by atoms with Gasteiger partial charge in [0.25, 0.3) is 0 Å². The number of likely N-dealkylation sites (N-methyl/N-ethyl adjacent to an activating group) is 2. The standard InChI is InChI=1S/C29H46N8O2Si/c1-35(2)10-11-36(3)24-15-25(38-4)23(14-22(24)30)31-28-32-26(34-29-16-20(17-29)18-29)21-8-9-37(27(21)33-28)19-39-12-13-40(5,6)7/h8-9,14-15,20H,10-13,16-19,30H2,1-7H3,(H2,31,32,33,34). The molecule has 3 aliphatic rings. The van der Waals surface area contributed by atoms with E-state index in [9.17, 15) is 0 Å². The average Bonchev–Trinajstić information content (AvgIpc) is 3.24. The normalized spacial score (nSPS) is 19.9. The van der Waals surface area contributed by atoms with Crippen LogP contribution in [0.5, 0.6) is 5.75 Å². The van der Waals surface area contributed by atoms with Crippen LogP contribution in [0.3, 0.4) is 0 Å². The molecule has 3 fully saturated rings. The molecule has 3 aliphatic carbocycles. The molecule has 10 nitrogen and oxygen atoms in total. The summed E-state index contributed by atoms with van der Waals surface area (Å²) in [6.45, 7) is 10.1. The van der Waals surface area contributed by atoms with E-state index in [0.717, 1.165) is 59.9 Å². The first-order valence-corrected chi connectivity index (χ1v) is 18.0. The summed E-state index contributed by atoms with van der Waals surface area (Å²) in [6, 6.07) is 7.10. The van der Waals surface area contributed by atoms with Crippen molar-refractivity contribution in [3.05, 3.63) is 24.4 Å². The summed E-state index contributed by atoms with van der Waals surface area (Å²) in [5.41, 5.74) is 9.86. The predicted molar refractivity (Wildman–Crippen MR) is 168 cm³/mol. The van der Waals surface area contributed by atoms with Gasteiger partial charge in [-0.25, -0.2) is 0 Å². The van der Waals surface area contributed by atoms with Gasteiger partial charge in [0.05, 0.1) is 29.6 Å². The lowest BCUT2D eigenvalue weighted by atomic mass is 9.50. The van der Waals surface area contributed by atoms with Gasteiger partial charge in [0.15, 0.2) is 0 Å². The van der Waals surface area contributed by atoms with Gasteiger partial charge in [0, 0.05) is 52.6 Å². The van der Waals surface area contributed by atoms with Crippen LogP contribution in [-0.2, 0) is 11.5 Å². The molecule has 0 aliphatic heterocycles. The summed E-state index contributed by atoms with van der Waals surface area (Å²) < 4.78 is 13.9. The fraction of sp³-hybridized carbons (Fsp3) is 0.586. The van der Waals surface area contributed by atoms with Crippen molar-refractivity contribution < 1.29 is 9.47 Å². The molecule has 0 spiro atoms. The minimum atomic E-state index is -1.16. The van der Waals surface area contributed by atoms with E-state index in [-0.39, 0.29) is 5.54 Å². The Bertz CT molecular complexity index is 1340. The van der Waals surface area contributed by atoms with Crippen molar-refractivity contribution in [2.75, 3.05) is 69.2 Å². The number of nitrogen functional groups attached to an aromatic ring is 1. The van der Waals surface area contributed by atoms with Gasteiger partial charge < -0.3 is 40.2 Å². The Morgan fingerprint density at radius 3 is 2.50 bits per heavy atom. The molecule has 0 saturated heterocycles. The van der Waals surface area contributed by atoms with E-state index in [0.29, 0.717) is 24.1 Å². The highest BCUT2D eigenvalue weighted by Gasteiger charge is 2.57. The molecule has 3 saturated carbocycles. The minimum Gasteiger partial charge on any atom is -0.494 e. The van der Waals surface area contributed by atoms with Crippen molar-refractivity contribution in [1.29, 1.82) is 0 Å². The van der Waals surface area contributed by atoms with Crippen molar-refractivity contribution in [2.24, 2.45) is 5.92 Å². The Balaban J connectivity index is 1.42. The zero-order chi connectivity index (χ0) is 28.7. The van der Waals surface area contributed by atoms with E-state index in [1.165, 1.54) is 19.3 Å². The van der Waals surface area contributed by atoms with Crippen LogP contribution in [0, 0.1) is 5.92 Å². The molecule has 0 unspecified atom stereocenters. The van der Waals surface area contributed by atoms with E-state index in [4.69, 9.17) is 25.2 Å². The minimum absolute atomic E-state index is 0.181. The van der Waals surface area contributed by atoms with Crippen molar-refractivity contribution in [1.82, 2.24) is 19.4 Å². The van der Waals surface area contributed by atoms with Gasteiger partial charge in [-0.1, -0.05) is 19.6 Å². The third-order valence-electron chi connectivity index (χ3n) is 8.16. The number of nitrogens with two attached hydrogens (primary N) is 1. The molecule has 0 radical (unpaired) electrons. The number of nitrogens with zero attached hydrogens (tertiary/aromatic N) is 5. The second-order valence-corrected chi connectivity index (χ2v) is 18.7. The Hall–Kier alpha value is -3.02. The summed E-state index contributed by atoms with van der Waals surface area (Å²) in [4.78, 5) is 14.2. The predicted octanol–water partition coefficient (Wildman–Crippen LogP) is 5.04. The van der Waals surface area contributed by atoms with Crippen LogP contribution in [0.4, 0.5) is 28.8 Å². The molecule has 2 bridgehead atoms. The van der Waals surface area contributed by atoms with E-state index in [1.807, 2.05) is 25.4 Å². The van der Waals surface area contributed by atoms with E-state index < -0.39 is 8.07 Å². The monoisotopic (exact) mass is 566 g/mol. The number of rotatable bonds is 14. The average molecular weight is 567 g/mol. The third kappa shape index (κ3) is 6.16. The zero-order valence-electron chi connectivity index (χ0n) is 25.2. The van der Waals surface area contributed by atoms with Crippen molar-refractivity contribution >= 4 is 47.9 Å². The molecule has 4 N–H and O–H groups in total. The largest absolute Gasteiger partial charge is 0.494 e. The molecule has 2 aromatic heterocycles. The molecule has 3 aromatic rings. The number of hydrogen-bond donors (Lipinski definition) is 3. The summed E-state index contributed by atoms with van der Waals surface area (Å²) in [5.74, 6) is 2.91. The third-order valence-corrected chi connectivity index (χ3v) is 9.86. The number of aromatic nitrogens is 3. The second-order valence-electron chi connectivity index (χ2n) is 13.1. The van der Waals surface area contributed by atoms with Gasteiger partial charge in [-0.2, -0.15) is 9.97 Å². The number of anilines is 5. The van der Waals surface area contributed by atoms with Crippen LogP contribution < -0.4 is 26.0 Å². The fourth-order valence-electron chi connectivity index (χ4n) is 5.52. The fourth-order valence-corrected chi connectivity index (χ4v) is 6.27. The molecule has 6 rings (SSSR count). The number of nitrogens with one attached hydrogen (secondary N) is 2. The van der Waals surface area contributed by atoms with Crippen molar-refractivity contribution in [2.45, 2.75) is 57.2 Å². The Labute approximate surface area is 239 Å². The summed E-state index contributed by atoms with van der Waals surface area (Å²) >= 11 is 0. The van der Waals surface area contributed by atoms with Crippen molar-refractivity contribution in [3.8, 4) is 5.75 Å². The first kappa shape index (κ1) is 28.5. The maximum absolute atomic E-state index is 6.52. The number of fused-ring (bicyclic) bond motifs is 1. The maximum Gasteiger partial charge on any atom is 0.231 e. The number of methoxy groups -OCH3 is 1. The van der Waals surface area contributed by atoms with Crippen LogP contribution in [0.15, 0.2) is 24.4 Å². The quantitative estimate of drug-likeness (QED) is 0.141. The molecule has 1 aromatic carbocycles. The lowest BCUT2D eigenvalue weighted by molar-refractivity contribution is 0.00194. The van der Waals surface area contributed by atoms with Gasteiger partial charge in [-0.3, -0.25) is 0 Å². The smallest absolute Gasteiger partial charge is 0.231 e. The van der Waals surface area contributed by atoms with Gasteiger partial charge in [0.1, 0.15) is 23.9 Å². The van der Waals surface area contributed by atoms with Crippen LogP contribution >= 0.6 is 0 Å². The molecular weight excluding hydrogens is 520 g/mol. The molecule has 0 amide bonds. The SMILES string of the molecule is COc1cc(N(C)CCN(C)C)c(N)cc1Nc1nc(NC23CC(C2)C3)c2ccn(COCC[Si](C)(C)C)c2n1. The van der Waals surface area contributed by atoms with Gasteiger partial charge in [0.2, 0.25) is 5.95 Å². The number of benzene rings is 1. The summed E-state index contributed by atoms with van der Waals surface area (Å²) in [6.07, 6.45) is 5.69. The van der Waals surface area contributed by atoms with Crippen molar-refractivity contribution in [3.63, 3.8) is 0 Å². The molecule has 11 heteroatoms. The highest BCUT2D eigenvalue weighted by molar-refractivity contribution is 6.76. The number of ether oxygens (including phenoxy) is 2. The molecule has 218 valence electrons. The maximum atomic E-state index is 6.52. The molecular formula is C29H46N8O2Si. The van der Waals surface area contributed by atoms with Crippen LogP contribution in [-0.4, -0.2) is 81.0 Å². The molecule has 0 atom stereocenters. The highest BCUT2D eigenvalue weighted by atomic mass is 28.3. The Morgan fingerprint density at radius 1 is 1.12 bits per heavy atom. The first-order valence-electron chi connectivity index (χ1n) is 14.3. The highest BCUT2D eigenvalue weighted by Crippen LogP contribution is 2.58. The second kappa shape index (κ2) is 11.1. The number of hydrogen-bond acceptors (Lipinski definition) is 9. The lowest BCUT2D eigenvalue weighted by Gasteiger charge is -2.62. The topological polar surface area (TPSA) is 106 Å². The first-order chi connectivity index (χ1) is 18.9. The van der Waals surface area contributed by atoms with Gasteiger partial charge in [-0.05, 0) is 57.5 Å². The van der Waals surface area contributed by atoms with Crippen LogP contribution in [0.2, 0.25) is 25.7 Å². The Morgan fingerprint density at radius 2 is 1.88 bits per heavy atom. The summed E-state index contributed by atoms with van der Waals surface area (Å²) in [7, 11) is 6.68. The zero-order valence-corrected chi connectivity index (χ0v) is 26.2. The summed E-state index contributed by atoms with van der Waals surface area (Å²) in [5, 5.41) is 8.19. The van der Waals surface area contributed by atoms with E-state index in [1.54, 1.807) is 7.11 Å². The van der Waals surface area contributed by atoms with E-state index in [2.05, 4.69) is 64.8 Å². The van der Waals surface area contributed by atoms with Crippen LogP contribution in [0.25, 0.3) is 11.0 Å². The molecule has 2 heterocycles.